The van der Waals surface area contributed by atoms with Crippen LogP contribution in [0.5, 0.6) is 0 Å². The Bertz CT molecular complexity index is 353. The van der Waals surface area contributed by atoms with Crippen LogP contribution in [-0.4, -0.2) is 29.3 Å². The molecule has 2 N–H and O–H groups in total. The van der Waals surface area contributed by atoms with E-state index in [2.05, 4.69) is 15.0 Å². The van der Waals surface area contributed by atoms with Gasteiger partial charge in [-0.3, -0.25) is 0 Å². The zero-order valence-electron chi connectivity index (χ0n) is 10.1. The number of anilines is 1. The molecule has 2 atom stereocenters. The summed E-state index contributed by atoms with van der Waals surface area (Å²) in [4.78, 5) is 6.77. The lowest BCUT2D eigenvalue weighted by molar-refractivity contribution is 0.352. The average molecular weight is 236 g/mol. The molecular weight excluding hydrogens is 216 g/mol. The Hall–Kier alpha value is -1.10. The Morgan fingerprint density at radius 3 is 2.71 bits per heavy atom. The van der Waals surface area contributed by atoms with Crippen LogP contribution in [0.15, 0.2) is 4.52 Å². The molecule has 94 valence electrons. The highest BCUT2D eigenvalue weighted by Gasteiger charge is 2.28. The molecule has 0 bridgehead atoms. The van der Waals surface area contributed by atoms with Gasteiger partial charge in [-0.2, -0.15) is 4.98 Å². The zero-order chi connectivity index (χ0) is 11.7. The first-order valence-electron chi connectivity index (χ1n) is 6.67. The molecule has 1 aromatic rings. The summed E-state index contributed by atoms with van der Waals surface area (Å²) in [6, 6.07) is 0.310. The van der Waals surface area contributed by atoms with Crippen molar-refractivity contribution in [3.05, 3.63) is 5.89 Å². The monoisotopic (exact) mass is 236 g/mol. The lowest BCUT2D eigenvalue weighted by atomic mass is 10.1. The molecule has 5 heteroatoms. The van der Waals surface area contributed by atoms with Gasteiger partial charge >= 0.3 is 0 Å². The molecule has 1 aliphatic carbocycles. The van der Waals surface area contributed by atoms with Crippen molar-refractivity contribution >= 4 is 5.95 Å². The molecule has 2 unspecified atom stereocenters. The topological polar surface area (TPSA) is 68.2 Å². The minimum Gasteiger partial charge on any atom is -0.338 e. The fraction of sp³-hybridized carbons (Fsp3) is 0.833. The molecule has 1 aliphatic heterocycles. The maximum absolute atomic E-state index is 5.91. The van der Waals surface area contributed by atoms with Crippen molar-refractivity contribution in [2.24, 2.45) is 5.73 Å². The van der Waals surface area contributed by atoms with Crippen molar-refractivity contribution in [1.29, 1.82) is 0 Å². The molecule has 1 saturated heterocycles. The summed E-state index contributed by atoms with van der Waals surface area (Å²) in [5.41, 5.74) is 5.91. The van der Waals surface area contributed by atoms with E-state index in [0.29, 0.717) is 12.0 Å². The maximum atomic E-state index is 5.91. The minimum absolute atomic E-state index is 0.310. The smallest absolute Gasteiger partial charge is 0.266 e. The number of nitrogens with two attached hydrogens (primary N) is 1. The molecule has 1 saturated carbocycles. The maximum Gasteiger partial charge on any atom is 0.266 e. The minimum atomic E-state index is 0.310. The predicted octanol–water partition coefficient (Wildman–Crippen LogP) is 1.65. The highest BCUT2D eigenvalue weighted by atomic mass is 16.5. The third-order valence-electron chi connectivity index (χ3n) is 3.89. The van der Waals surface area contributed by atoms with E-state index in [1.165, 1.54) is 19.3 Å². The number of hydrogen-bond acceptors (Lipinski definition) is 5. The van der Waals surface area contributed by atoms with Gasteiger partial charge < -0.3 is 15.2 Å². The summed E-state index contributed by atoms with van der Waals surface area (Å²) in [6.07, 6.45) is 6.94. The summed E-state index contributed by atoms with van der Waals surface area (Å²) in [6.45, 7) is 2.12. The molecule has 0 amide bonds. The SMILES string of the molecule is NC1CCC(c2nc(N3CCCCC3)no2)C1. The molecule has 0 spiro atoms. The Labute approximate surface area is 101 Å². The van der Waals surface area contributed by atoms with E-state index in [4.69, 9.17) is 10.3 Å². The van der Waals surface area contributed by atoms with Gasteiger partial charge in [0.15, 0.2) is 0 Å². The van der Waals surface area contributed by atoms with Crippen LogP contribution in [0, 0.1) is 0 Å². The zero-order valence-corrected chi connectivity index (χ0v) is 10.1. The van der Waals surface area contributed by atoms with Gasteiger partial charge in [0.25, 0.3) is 5.95 Å². The van der Waals surface area contributed by atoms with Crippen molar-refractivity contribution < 1.29 is 4.52 Å². The molecule has 3 rings (SSSR count). The Kier molecular flexibility index (Phi) is 3.01. The normalized spacial score (nSPS) is 29.8. The third-order valence-corrected chi connectivity index (χ3v) is 3.89. The quantitative estimate of drug-likeness (QED) is 0.845. The second-order valence-electron chi connectivity index (χ2n) is 5.25. The lowest BCUT2D eigenvalue weighted by Gasteiger charge is -2.24. The van der Waals surface area contributed by atoms with E-state index in [0.717, 1.165) is 44.2 Å². The van der Waals surface area contributed by atoms with Gasteiger partial charge in [0.2, 0.25) is 5.89 Å². The highest BCUT2D eigenvalue weighted by molar-refractivity contribution is 5.28. The average Bonchev–Trinajstić information content (AvgIpc) is 2.98. The van der Waals surface area contributed by atoms with E-state index >= 15 is 0 Å². The van der Waals surface area contributed by atoms with Crippen LogP contribution in [0.2, 0.25) is 0 Å². The third kappa shape index (κ3) is 2.29. The summed E-state index contributed by atoms with van der Waals surface area (Å²) < 4.78 is 5.39. The fourth-order valence-corrected chi connectivity index (χ4v) is 2.86. The van der Waals surface area contributed by atoms with Gasteiger partial charge in [-0.15, -0.1) is 0 Å². The first-order valence-corrected chi connectivity index (χ1v) is 6.67. The highest BCUT2D eigenvalue weighted by Crippen LogP contribution is 2.33. The summed E-state index contributed by atoms with van der Waals surface area (Å²) in [5, 5.41) is 4.11. The van der Waals surface area contributed by atoms with Crippen LogP contribution in [0.3, 0.4) is 0 Å². The van der Waals surface area contributed by atoms with Gasteiger partial charge in [-0.05, 0) is 43.7 Å². The van der Waals surface area contributed by atoms with Crippen molar-refractivity contribution in [3.63, 3.8) is 0 Å². The molecule has 1 aromatic heterocycles. The van der Waals surface area contributed by atoms with Gasteiger partial charge in [-0.25, -0.2) is 0 Å². The van der Waals surface area contributed by atoms with Crippen molar-refractivity contribution in [1.82, 2.24) is 10.1 Å². The second kappa shape index (κ2) is 4.64. The fourth-order valence-electron chi connectivity index (χ4n) is 2.86. The number of piperidine rings is 1. The summed E-state index contributed by atoms with van der Waals surface area (Å²) in [7, 11) is 0. The van der Waals surface area contributed by atoms with E-state index in [1.54, 1.807) is 0 Å². The van der Waals surface area contributed by atoms with E-state index < -0.39 is 0 Å². The van der Waals surface area contributed by atoms with Crippen LogP contribution >= 0.6 is 0 Å². The Morgan fingerprint density at radius 2 is 2.00 bits per heavy atom. The Morgan fingerprint density at radius 1 is 1.18 bits per heavy atom. The number of nitrogens with zero attached hydrogens (tertiary/aromatic N) is 3. The first kappa shape index (κ1) is 11.0. The number of hydrogen-bond donors (Lipinski definition) is 1. The summed E-state index contributed by atoms with van der Waals surface area (Å²) in [5.74, 6) is 1.95. The molecule has 17 heavy (non-hydrogen) atoms. The largest absolute Gasteiger partial charge is 0.338 e. The van der Waals surface area contributed by atoms with Gasteiger partial charge in [0.05, 0.1) is 0 Å². The van der Waals surface area contributed by atoms with E-state index in [9.17, 15) is 0 Å². The van der Waals surface area contributed by atoms with Gasteiger partial charge in [0, 0.05) is 25.0 Å². The van der Waals surface area contributed by atoms with Crippen molar-refractivity contribution in [3.8, 4) is 0 Å². The summed E-state index contributed by atoms with van der Waals surface area (Å²) >= 11 is 0. The molecule has 2 aliphatic rings. The van der Waals surface area contributed by atoms with Crippen LogP contribution in [0.4, 0.5) is 5.95 Å². The molecule has 0 aromatic carbocycles. The second-order valence-corrected chi connectivity index (χ2v) is 5.25. The standard InChI is InChI=1S/C12H20N4O/c13-10-5-4-9(8-10)11-14-12(15-17-11)16-6-2-1-3-7-16/h9-10H,1-8,13H2. The molecular formula is C12H20N4O. The first-order chi connectivity index (χ1) is 8.33. The van der Waals surface area contributed by atoms with Gasteiger partial charge in [-0.1, -0.05) is 0 Å². The molecule has 2 heterocycles. The van der Waals surface area contributed by atoms with Gasteiger partial charge in [0.1, 0.15) is 0 Å². The number of rotatable bonds is 2. The molecule has 0 radical (unpaired) electrons. The Balaban J connectivity index is 1.69. The van der Waals surface area contributed by atoms with Crippen LogP contribution in [0.1, 0.15) is 50.3 Å². The molecule has 2 fully saturated rings. The lowest BCUT2D eigenvalue weighted by Crippen LogP contribution is -2.30. The van der Waals surface area contributed by atoms with Crippen LogP contribution in [-0.2, 0) is 0 Å². The van der Waals surface area contributed by atoms with Crippen LogP contribution < -0.4 is 10.6 Å². The van der Waals surface area contributed by atoms with Crippen LogP contribution in [0.25, 0.3) is 0 Å². The predicted molar refractivity (Wildman–Crippen MR) is 64.9 cm³/mol. The van der Waals surface area contributed by atoms with E-state index in [1.807, 2.05) is 0 Å². The van der Waals surface area contributed by atoms with Crippen molar-refractivity contribution in [2.75, 3.05) is 18.0 Å². The van der Waals surface area contributed by atoms with E-state index in [-0.39, 0.29) is 0 Å². The number of aromatic nitrogens is 2. The van der Waals surface area contributed by atoms with Crippen molar-refractivity contribution in [2.45, 2.75) is 50.5 Å². The molecule has 5 nitrogen and oxygen atoms in total.